The summed E-state index contributed by atoms with van der Waals surface area (Å²) >= 11 is 0. The third kappa shape index (κ3) is 3.53. The lowest BCUT2D eigenvalue weighted by molar-refractivity contribution is -0.139. The molecule has 0 radical (unpaired) electrons. The number of nitrogens with one attached hydrogen (secondary N) is 1. The molecule has 1 saturated heterocycles. The van der Waals surface area contributed by atoms with Gasteiger partial charge in [-0.1, -0.05) is 0 Å². The van der Waals surface area contributed by atoms with Gasteiger partial charge in [0.25, 0.3) is 0 Å². The number of urea groups is 1. The minimum absolute atomic E-state index is 0.0372. The van der Waals surface area contributed by atoms with Crippen LogP contribution in [0.15, 0.2) is 30.3 Å². The highest BCUT2D eigenvalue weighted by molar-refractivity contribution is 5.93. The lowest BCUT2D eigenvalue weighted by Gasteiger charge is -2.44. The number of anilines is 1. The first-order valence-corrected chi connectivity index (χ1v) is 10.6. The van der Waals surface area contributed by atoms with Crippen LogP contribution >= 0.6 is 0 Å². The molecule has 9 heteroatoms. The van der Waals surface area contributed by atoms with Crippen LogP contribution in [0.4, 0.5) is 10.5 Å². The summed E-state index contributed by atoms with van der Waals surface area (Å²) in [7, 11) is 3.19. The molecule has 168 valence electrons. The van der Waals surface area contributed by atoms with Crippen LogP contribution in [-0.2, 0) is 11.2 Å². The number of hydrogen-bond donors (Lipinski definition) is 1. The second-order valence-corrected chi connectivity index (χ2v) is 7.93. The molecular formula is C23H25N3O6. The largest absolute Gasteiger partial charge is 0.493 e. The summed E-state index contributed by atoms with van der Waals surface area (Å²) in [6, 6.07) is 8.58. The summed E-state index contributed by atoms with van der Waals surface area (Å²) in [5.74, 6) is 2.45. The van der Waals surface area contributed by atoms with E-state index in [-0.39, 0.29) is 24.5 Å². The molecule has 3 aliphatic heterocycles. The van der Waals surface area contributed by atoms with Crippen LogP contribution in [0.1, 0.15) is 17.2 Å². The van der Waals surface area contributed by atoms with Crippen LogP contribution in [0.25, 0.3) is 0 Å². The van der Waals surface area contributed by atoms with Crippen molar-refractivity contribution in [2.24, 2.45) is 0 Å². The van der Waals surface area contributed by atoms with E-state index in [2.05, 4.69) is 5.32 Å². The first kappa shape index (κ1) is 20.3. The lowest BCUT2D eigenvalue weighted by atomic mass is 9.90. The maximum atomic E-state index is 13.0. The fraction of sp³-hybridized carbons (Fsp3) is 0.391. The van der Waals surface area contributed by atoms with Gasteiger partial charge in [0.2, 0.25) is 5.91 Å². The number of rotatable bonds is 3. The van der Waals surface area contributed by atoms with Crippen molar-refractivity contribution in [2.75, 3.05) is 52.4 Å². The number of carbonyl (C=O) groups excluding carboxylic acids is 2. The van der Waals surface area contributed by atoms with Crippen LogP contribution in [0, 0.1) is 0 Å². The highest BCUT2D eigenvalue weighted by atomic mass is 16.6. The van der Waals surface area contributed by atoms with Gasteiger partial charge in [-0.05, 0) is 41.8 Å². The number of nitrogens with zero attached hydrogens (tertiary/aromatic N) is 2. The minimum atomic E-state index is -0.331. The summed E-state index contributed by atoms with van der Waals surface area (Å²) in [5, 5.41) is 2.88. The van der Waals surface area contributed by atoms with Gasteiger partial charge < -0.3 is 34.1 Å². The van der Waals surface area contributed by atoms with E-state index in [1.807, 2.05) is 17.0 Å². The van der Waals surface area contributed by atoms with Crippen molar-refractivity contribution in [3.63, 3.8) is 0 Å². The molecule has 2 aromatic rings. The van der Waals surface area contributed by atoms with Gasteiger partial charge in [0.05, 0.1) is 20.3 Å². The Kier molecular flexibility index (Phi) is 5.16. The Hall–Kier alpha value is -3.62. The predicted octanol–water partition coefficient (Wildman–Crippen LogP) is 2.45. The van der Waals surface area contributed by atoms with Crippen LogP contribution in [0.3, 0.4) is 0 Å². The molecule has 2 aromatic carbocycles. The van der Waals surface area contributed by atoms with Crippen molar-refractivity contribution in [2.45, 2.75) is 12.5 Å². The quantitative estimate of drug-likeness (QED) is 0.790. The normalized spacial score (nSPS) is 19.1. The van der Waals surface area contributed by atoms with E-state index in [0.29, 0.717) is 55.0 Å². The van der Waals surface area contributed by atoms with Crippen LogP contribution in [0.2, 0.25) is 0 Å². The Balaban J connectivity index is 1.37. The van der Waals surface area contributed by atoms with Crippen molar-refractivity contribution in [1.82, 2.24) is 9.80 Å². The van der Waals surface area contributed by atoms with Crippen molar-refractivity contribution in [3.8, 4) is 23.0 Å². The van der Waals surface area contributed by atoms with Crippen LogP contribution in [-0.4, -0.2) is 68.8 Å². The average Bonchev–Trinajstić information content (AvgIpc) is 2.82. The molecule has 3 aliphatic rings. The number of hydrogen-bond acceptors (Lipinski definition) is 6. The van der Waals surface area contributed by atoms with Gasteiger partial charge in [0.15, 0.2) is 23.0 Å². The van der Waals surface area contributed by atoms with E-state index < -0.39 is 0 Å². The minimum Gasteiger partial charge on any atom is -0.493 e. The van der Waals surface area contributed by atoms with Crippen molar-refractivity contribution in [1.29, 1.82) is 0 Å². The molecule has 1 N–H and O–H groups in total. The lowest BCUT2D eigenvalue weighted by Crippen LogP contribution is -2.56. The SMILES string of the molecule is COc1cc2c(cc1OC)C1CN(C(=O)Nc3ccc4c(c3)OCCO4)CC(=O)N1CC2. The zero-order valence-corrected chi connectivity index (χ0v) is 18.1. The zero-order chi connectivity index (χ0) is 22.2. The van der Waals surface area contributed by atoms with E-state index in [0.717, 1.165) is 17.5 Å². The number of methoxy groups -OCH3 is 2. The monoisotopic (exact) mass is 439 g/mol. The average molecular weight is 439 g/mol. The molecule has 3 amide bonds. The van der Waals surface area contributed by atoms with Gasteiger partial charge in [0, 0.05) is 24.8 Å². The number of piperazine rings is 1. The van der Waals surface area contributed by atoms with E-state index >= 15 is 0 Å². The van der Waals surface area contributed by atoms with Gasteiger partial charge in [-0.25, -0.2) is 4.79 Å². The van der Waals surface area contributed by atoms with Gasteiger partial charge in [-0.15, -0.1) is 0 Å². The Labute approximate surface area is 185 Å². The summed E-state index contributed by atoms with van der Waals surface area (Å²) in [4.78, 5) is 29.3. The van der Waals surface area contributed by atoms with Gasteiger partial charge >= 0.3 is 6.03 Å². The Morgan fingerprint density at radius 1 is 1.06 bits per heavy atom. The fourth-order valence-electron chi connectivity index (χ4n) is 4.53. The molecule has 0 bridgehead atoms. The number of ether oxygens (including phenoxy) is 4. The molecule has 0 aromatic heterocycles. The van der Waals surface area contributed by atoms with Gasteiger partial charge in [-0.3, -0.25) is 4.79 Å². The van der Waals surface area contributed by atoms with Gasteiger partial charge in [0.1, 0.15) is 19.8 Å². The first-order valence-electron chi connectivity index (χ1n) is 10.6. The number of fused-ring (bicyclic) bond motifs is 4. The summed E-state index contributed by atoms with van der Waals surface area (Å²) in [6.07, 6.45) is 0.737. The topological polar surface area (TPSA) is 89.6 Å². The number of carbonyl (C=O) groups is 2. The highest BCUT2D eigenvalue weighted by Gasteiger charge is 2.39. The summed E-state index contributed by atoms with van der Waals surface area (Å²) in [5.41, 5.74) is 2.68. The molecule has 0 spiro atoms. The summed E-state index contributed by atoms with van der Waals surface area (Å²) < 4.78 is 22.0. The Morgan fingerprint density at radius 3 is 2.59 bits per heavy atom. The Bertz CT molecular complexity index is 1070. The molecule has 1 fully saturated rings. The maximum Gasteiger partial charge on any atom is 0.322 e. The summed E-state index contributed by atoms with van der Waals surface area (Å²) in [6.45, 7) is 2.02. The van der Waals surface area contributed by atoms with E-state index in [4.69, 9.17) is 18.9 Å². The van der Waals surface area contributed by atoms with E-state index in [9.17, 15) is 9.59 Å². The molecular weight excluding hydrogens is 414 g/mol. The number of amides is 3. The van der Waals surface area contributed by atoms with Crippen molar-refractivity contribution < 1.29 is 28.5 Å². The van der Waals surface area contributed by atoms with Crippen molar-refractivity contribution >= 4 is 17.6 Å². The predicted molar refractivity (Wildman–Crippen MR) is 116 cm³/mol. The van der Waals surface area contributed by atoms with Crippen molar-refractivity contribution in [3.05, 3.63) is 41.5 Å². The molecule has 1 atom stereocenters. The van der Waals surface area contributed by atoms with E-state index in [1.165, 1.54) is 0 Å². The number of benzene rings is 2. The molecule has 0 saturated carbocycles. The molecule has 32 heavy (non-hydrogen) atoms. The van der Waals surface area contributed by atoms with E-state index in [1.54, 1.807) is 37.3 Å². The Morgan fingerprint density at radius 2 is 1.81 bits per heavy atom. The third-order valence-corrected chi connectivity index (χ3v) is 6.12. The second-order valence-electron chi connectivity index (χ2n) is 7.93. The third-order valence-electron chi connectivity index (χ3n) is 6.12. The molecule has 3 heterocycles. The van der Waals surface area contributed by atoms with Gasteiger partial charge in [-0.2, -0.15) is 0 Å². The van der Waals surface area contributed by atoms with Crippen LogP contribution in [0.5, 0.6) is 23.0 Å². The second kappa shape index (κ2) is 8.14. The molecule has 1 unspecified atom stereocenters. The maximum absolute atomic E-state index is 13.0. The zero-order valence-electron chi connectivity index (χ0n) is 18.1. The fourth-order valence-corrected chi connectivity index (χ4v) is 4.53. The van der Waals surface area contributed by atoms with Crippen LogP contribution < -0.4 is 24.3 Å². The standard InChI is InChI=1S/C23H25N3O6/c1-29-19-9-14-5-6-26-17(16(14)11-20(19)30-2)12-25(13-22(26)27)23(28)24-15-3-4-18-21(10-15)32-8-7-31-18/h3-4,9-11,17H,5-8,12-13H2,1-2H3,(H,24,28). The smallest absolute Gasteiger partial charge is 0.322 e. The molecule has 0 aliphatic carbocycles. The highest BCUT2D eigenvalue weighted by Crippen LogP contribution is 2.40. The molecule has 5 rings (SSSR count). The first-order chi connectivity index (χ1) is 15.6. The molecule has 9 nitrogen and oxygen atoms in total.